The van der Waals surface area contributed by atoms with Crippen molar-refractivity contribution in [2.45, 2.75) is 52.4 Å². The van der Waals surface area contributed by atoms with E-state index < -0.39 is 0 Å². The molecule has 0 saturated carbocycles. The number of carbonyl (C=O) groups is 1. The molecule has 3 atom stereocenters. The first-order chi connectivity index (χ1) is 22.0. The first-order valence-corrected chi connectivity index (χ1v) is 16.9. The Morgan fingerprint density at radius 3 is 2.09 bits per heavy atom. The van der Waals surface area contributed by atoms with Gasteiger partial charge in [0, 0.05) is 60.2 Å². The molecular weight excluding hydrogens is 609 g/mol. The Morgan fingerprint density at radius 1 is 0.739 bits per heavy atom. The molecule has 9 heteroatoms. The molecule has 1 amide bonds. The van der Waals surface area contributed by atoms with Crippen LogP contribution in [0.4, 0.5) is 11.4 Å². The van der Waals surface area contributed by atoms with Crippen LogP contribution in [0.3, 0.4) is 0 Å². The van der Waals surface area contributed by atoms with Gasteiger partial charge in [-0.25, -0.2) is 0 Å². The molecule has 0 bridgehead atoms. The summed E-state index contributed by atoms with van der Waals surface area (Å²) in [5.41, 5.74) is 28.8. The highest BCUT2D eigenvalue weighted by molar-refractivity contribution is 7.80. The lowest BCUT2D eigenvalue weighted by atomic mass is 9.93. The van der Waals surface area contributed by atoms with Gasteiger partial charge in [-0.2, -0.15) is 25.3 Å². The van der Waals surface area contributed by atoms with Gasteiger partial charge in [0.1, 0.15) is 0 Å². The van der Waals surface area contributed by atoms with Crippen molar-refractivity contribution in [3.05, 3.63) is 129 Å². The highest BCUT2D eigenvalue weighted by atomic mass is 32.1. The topological polar surface area (TPSA) is 131 Å². The number of benzene rings is 4. The third kappa shape index (κ3) is 11.2. The van der Waals surface area contributed by atoms with Crippen LogP contribution in [0.25, 0.3) is 0 Å². The summed E-state index contributed by atoms with van der Waals surface area (Å²) in [6.45, 7) is 10.4. The second-order valence-corrected chi connectivity index (χ2v) is 12.4. The van der Waals surface area contributed by atoms with E-state index in [9.17, 15) is 4.79 Å². The third-order valence-electron chi connectivity index (χ3n) is 8.04. The lowest BCUT2D eigenvalue weighted by molar-refractivity contribution is 0.102. The van der Waals surface area contributed by atoms with E-state index in [-0.39, 0.29) is 24.0 Å². The fraction of sp³-hybridized carbons (Fsp3) is 0.324. The number of hydrogen-bond acceptors (Lipinski definition) is 8. The maximum Gasteiger partial charge on any atom is 0.255 e. The second-order valence-electron chi connectivity index (χ2n) is 11.7. The third-order valence-corrected chi connectivity index (χ3v) is 8.98. The summed E-state index contributed by atoms with van der Waals surface area (Å²) in [4.78, 5) is 12.5. The van der Waals surface area contributed by atoms with Gasteiger partial charge in [0.05, 0.1) is 6.04 Å². The predicted octanol–water partition coefficient (Wildman–Crippen LogP) is 5.92. The van der Waals surface area contributed by atoms with Crippen molar-refractivity contribution in [3.63, 3.8) is 0 Å². The van der Waals surface area contributed by atoms with Crippen LogP contribution in [0.2, 0.25) is 0 Å². The van der Waals surface area contributed by atoms with E-state index >= 15 is 0 Å². The normalized spacial score (nSPS) is 12.8. The molecule has 0 saturated heterocycles. The maximum absolute atomic E-state index is 12.5. The molecule has 7 nitrogen and oxygen atoms in total. The van der Waals surface area contributed by atoms with E-state index in [0.717, 1.165) is 33.6 Å². The molecule has 4 aromatic carbocycles. The number of thiol groups is 2. The summed E-state index contributed by atoms with van der Waals surface area (Å²) in [7, 11) is 0. The number of carbonyl (C=O) groups excluding carboxylic acids is 1. The van der Waals surface area contributed by atoms with Crippen molar-refractivity contribution >= 4 is 42.5 Å². The Kier molecular flexibility index (Phi) is 15.1. The summed E-state index contributed by atoms with van der Waals surface area (Å²) in [6, 6.07) is 28.0. The minimum atomic E-state index is -0.125. The highest BCUT2D eigenvalue weighted by Crippen LogP contribution is 2.26. The Balaban J connectivity index is 0.000000251. The average Bonchev–Trinajstić information content (AvgIpc) is 3.07. The van der Waals surface area contributed by atoms with Gasteiger partial charge in [0.15, 0.2) is 0 Å². The zero-order chi connectivity index (χ0) is 33.6. The molecule has 3 unspecified atom stereocenters. The van der Waals surface area contributed by atoms with Crippen LogP contribution in [0.5, 0.6) is 0 Å². The molecule has 0 heterocycles. The summed E-state index contributed by atoms with van der Waals surface area (Å²) < 4.78 is 0. The quantitative estimate of drug-likeness (QED) is 0.0842. The smallest absolute Gasteiger partial charge is 0.255 e. The number of anilines is 2. The minimum absolute atomic E-state index is 0.0316. The molecule has 0 aliphatic rings. The van der Waals surface area contributed by atoms with Crippen molar-refractivity contribution in [1.82, 2.24) is 5.32 Å². The Hall–Kier alpha value is -3.31. The van der Waals surface area contributed by atoms with Crippen molar-refractivity contribution in [2.75, 3.05) is 35.2 Å². The van der Waals surface area contributed by atoms with Crippen molar-refractivity contribution in [1.29, 1.82) is 0 Å². The first kappa shape index (κ1) is 37.2. The molecule has 0 aliphatic carbocycles. The monoisotopic (exact) mass is 658 g/mol. The Labute approximate surface area is 285 Å². The number of amides is 1. The van der Waals surface area contributed by atoms with Gasteiger partial charge in [-0.05, 0) is 97.0 Å². The lowest BCUT2D eigenvalue weighted by Gasteiger charge is -2.18. The van der Waals surface area contributed by atoms with E-state index in [1.54, 1.807) is 0 Å². The van der Waals surface area contributed by atoms with Crippen molar-refractivity contribution in [2.24, 2.45) is 17.2 Å². The van der Waals surface area contributed by atoms with Gasteiger partial charge in [-0.15, -0.1) is 0 Å². The highest BCUT2D eigenvalue weighted by Gasteiger charge is 2.13. The van der Waals surface area contributed by atoms with Crippen molar-refractivity contribution in [3.8, 4) is 0 Å². The van der Waals surface area contributed by atoms with Gasteiger partial charge >= 0.3 is 0 Å². The molecule has 0 aliphatic heterocycles. The molecule has 246 valence electrons. The van der Waals surface area contributed by atoms with E-state index in [1.165, 1.54) is 16.7 Å². The standard InChI is InChI=1S/C19H25N3OS.C18H25N3S/c1-13-5-3-8-18(14(13)2)22-19(23)16-7-4-6-15(9-16)10-21-11-17(20)12-24;1-12-5-3-8-17(13(12)2)18(20)14-6-4-7-16(9-14)21-10-15(19)11-22/h3-9,17,21,24H,10-12,20H2,1-2H3,(H,22,23);3-9,15,18,21-22H,10-11,19-20H2,1-2H3. The van der Waals surface area contributed by atoms with Gasteiger partial charge in [-0.3, -0.25) is 4.79 Å². The molecule has 0 spiro atoms. The second kappa shape index (κ2) is 18.7. The number of nitrogens with one attached hydrogen (secondary N) is 3. The van der Waals surface area contributed by atoms with Crippen LogP contribution in [0, 0.1) is 27.7 Å². The van der Waals surface area contributed by atoms with E-state index in [0.29, 0.717) is 36.7 Å². The maximum atomic E-state index is 12.5. The van der Waals surface area contributed by atoms with Gasteiger partial charge in [-0.1, -0.05) is 54.6 Å². The molecule has 46 heavy (non-hydrogen) atoms. The lowest BCUT2D eigenvalue weighted by Crippen LogP contribution is -2.34. The minimum Gasteiger partial charge on any atom is -0.383 e. The summed E-state index contributed by atoms with van der Waals surface area (Å²) in [6.07, 6.45) is 0. The molecule has 4 rings (SSSR count). The van der Waals surface area contributed by atoms with E-state index in [1.807, 2.05) is 68.4 Å². The molecule has 0 radical (unpaired) electrons. The zero-order valence-corrected chi connectivity index (χ0v) is 29.2. The van der Waals surface area contributed by atoms with Crippen LogP contribution in [0.1, 0.15) is 55.3 Å². The molecule has 9 N–H and O–H groups in total. The molecular formula is C37H50N6OS2. The van der Waals surface area contributed by atoms with E-state index in [2.05, 4.69) is 85.4 Å². The SMILES string of the molecule is Cc1cccc(C(N)c2cccc(NCC(N)CS)c2)c1C.Cc1cccc(NC(=O)c2cccc(CNCC(N)CS)c2)c1C. The van der Waals surface area contributed by atoms with Crippen LogP contribution < -0.4 is 33.2 Å². The molecule has 0 fully saturated rings. The Bertz CT molecular complexity index is 1560. The van der Waals surface area contributed by atoms with Crippen molar-refractivity contribution < 1.29 is 4.79 Å². The van der Waals surface area contributed by atoms with E-state index in [4.69, 9.17) is 17.2 Å². The molecule has 4 aromatic rings. The fourth-order valence-electron chi connectivity index (χ4n) is 4.82. The average molecular weight is 659 g/mol. The first-order valence-electron chi connectivity index (χ1n) is 15.6. The fourth-order valence-corrected chi connectivity index (χ4v) is 5.07. The van der Waals surface area contributed by atoms with Crippen LogP contribution in [-0.2, 0) is 6.54 Å². The van der Waals surface area contributed by atoms with Crippen LogP contribution in [0.15, 0.2) is 84.9 Å². The predicted molar refractivity (Wildman–Crippen MR) is 203 cm³/mol. The largest absolute Gasteiger partial charge is 0.383 e. The Morgan fingerprint density at radius 2 is 1.37 bits per heavy atom. The molecule has 0 aromatic heterocycles. The van der Waals surface area contributed by atoms with Gasteiger partial charge in [0.2, 0.25) is 0 Å². The van der Waals surface area contributed by atoms with Crippen LogP contribution >= 0.6 is 25.3 Å². The summed E-state index contributed by atoms with van der Waals surface area (Å²) in [5, 5.41) is 9.61. The number of aryl methyl sites for hydroxylation is 2. The summed E-state index contributed by atoms with van der Waals surface area (Å²) in [5.74, 6) is 1.21. The van der Waals surface area contributed by atoms with Gasteiger partial charge in [0.25, 0.3) is 5.91 Å². The number of rotatable bonds is 13. The van der Waals surface area contributed by atoms with Crippen LogP contribution in [-0.4, -0.2) is 42.6 Å². The summed E-state index contributed by atoms with van der Waals surface area (Å²) >= 11 is 8.36. The number of hydrogen-bond donors (Lipinski definition) is 8. The zero-order valence-electron chi connectivity index (χ0n) is 27.4. The number of nitrogens with two attached hydrogens (primary N) is 3. The van der Waals surface area contributed by atoms with Gasteiger partial charge < -0.3 is 33.2 Å².